The third-order valence-electron chi connectivity index (χ3n) is 3.59. The third kappa shape index (κ3) is 4.55. The second-order valence-corrected chi connectivity index (χ2v) is 5.53. The lowest BCUT2D eigenvalue weighted by Crippen LogP contribution is -2.31. The van der Waals surface area contributed by atoms with E-state index in [-0.39, 0.29) is 11.9 Å². The molecular weight excluding hydrogens is 304 g/mol. The van der Waals surface area contributed by atoms with Gasteiger partial charge in [-0.25, -0.2) is 4.79 Å². The highest BCUT2D eigenvalue weighted by Gasteiger charge is 2.13. The summed E-state index contributed by atoms with van der Waals surface area (Å²) in [6.45, 7) is 4.79. The summed E-state index contributed by atoms with van der Waals surface area (Å²) in [4.78, 5) is 29.8. The molecule has 24 heavy (non-hydrogen) atoms. The van der Waals surface area contributed by atoms with Gasteiger partial charge in [0, 0.05) is 43.8 Å². The predicted molar refractivity (Wildman–Crippen MR) is 93.9 cm³/mol. The summed E-state index contributed by atoms with van der Waals surface area (Å²) in [5.74, 6) is -0.155. The minimum atomic E-state index is -0.233. The van der Waals surface area contributed by atoms with Crippen molar-refractivity contribution in [1.29, 1.82) is 0 Å². The van der Waals surface area contributed by atoms with Gasteiger partial charge in [0.05, 0.1) is 0 Å². The van der Waals surface area contributed by atoms with E-state index in [0.717, 1.165) is 11.1 Å². The summed E-state index contributed by atoms with van der Waals surface area (Å²) in [5.41, 5.74) is 3.05. The normalized spacial score (nSPS) is 10.1. The molecule has 1 heterocycles. The molecular formula is C18H22N4O2. The Labute approximate surface area is 141 Å². The van der Waals surface area contributed by atoms with E-state index in [4.69, 9.17) is 0 Å². The van der Waals surface area contributed by atoms with E-state index in [9.17, 15) is 9.59 Å². The molecule has 126 valence electrons. The van der Waals surface area contributed by atoms with E-state index >= 15 is 0 Å². The Morgan fingerprint density at radius 3 is 2.54 bits per heavy atom. The van der Waals surface area contributed by atoms with Gasteiger partial charge in [-0.05, 0) is 49.2 Å². The molecule has 3 amide bonds. The standard InChI is InChI=1S/C18H22N4O2/c1-4-20-17(23)15-6-5-13(2)16(11-15)21-18(24)22(3)12-14-7-9-19-10-8-14/h5-11H,4,12H2,1-3H3,(H,20,23)(H,21,24). The van der Waals surface area contributed by atoms with Crippen molar-refractivity contribution in [3.8, 4) is 0 Å². The molecule has 1 aromatic heterocycles. The van der Waals surface area contributed by atoms with E-state index in [1.807, 2.05) is 32.0 Å². The summed E-state index contributed by atoms with van der Waals surface area (Å²) in [5, 5.41) is 5.61. The number of aromatic nitrogens is 1. The third-order valence-corrected chi connectivity index (χ3v) is 3.59. The second-order valence-electron chi connectivity index (χ2n) is 5.53. The van der Waals surface area contributed by atoms with Gasteiger partial charge in [-0.2, -0.15) is 0 Å². The maximum atomic E-state index is 12.4. The molecule has 0 atom stereocenters. The van der Waals surface area contributed by atoms with Gasteiger partial charge in [-0.1, -0.05) is 6.07 Å². The first-order valence-electron chi connectivity index (χ1n) is 7.81. The van der Waals surface area contributed by atoms with Crippen LogP contribution in [-0.2, 0) is 6.54 Å². The molecule has 0 bridgehead atoms. The molecule has 0 aliphatic carbocycles. The molecule has 0 unspecified atom stereocenters. The molecule has 2 N–H and O–H groups in total. The second kappa shape index (κ2) is 8.10. The van der Waals surface area contributed by atoms with Gasteiger partial charge in [-0.3, -0.25) is 9.78 Å². The number of hydrogen-bond donors (Lipinski definition) is 2. The molecule has 0 fully saturated rings. The summed E-state index contributed by atoms with van der Waals surface area (Å²) in [7, 11) is 1.72. The Morgan fingerprint density at radius 1 is 1.17 bits per heavy atom. The van der Waals surface area contributed by atoms with Crippen molar-refractivity contribution < 1.29 is 9.59 Å². The van der Waals surface area contributed by atoms with E-state index in [0.29, 0.717) is 24.3 Å². The molecule has 6 heteroatoms. The van der Waals surface area contributed by atoms with Crippen molar-refractivity contribution in [3.05, 3.63) is 59.4 Å². The number of anilines is 1. The molecule has 0 spiro atoms. The highest BCUT2D eigenvalue weighted by molar-refractivity contribution is 5.97. The Hall–Kier alpha value is -2.89. The van der Waals surface area contributed by atoms with Gasteiger partial charge < -0.3 is 15.5 Å². The van der Waals surface area contributed by atoms with Crippen molar-refractivity contribution in [2.75, 3.05) is 18.9 Å². The van der Waals surface area contributed by atoms with Crippen molar-refractivity contribution in [2.45, 2.75) is 20.4 Å². The number of nitrogens with one attached hydrogen (secondary N) is 2. The summed E-state index contributed by atoms with van der Waals surface area (Å²) < 4.78 is 0. The molecule has 1 aromatic carbocycles. The zero-order valence-corrected chi connectivity index (χ0v) is 14.2. The van der Waals surface area contributed by atoms with Gasteiger partial charge in [0.25, 0.3) is 5.91 Å². The van der Waals surface area contributed by atoms with Gasteiger partial charge in [-0.15, -0.1) is 0 Å². The fourth-order valence-corrected chi connectivity index (χ4v) is 2.21. The first-order valence-corrected chi connectivity index (χ1v) is 7.81. The van der Waals surface area contributed by atoms with Crippen LogP contribution in [0.1, 0.15) is 28.4 Å². The Kier molecular flexibility index (Phi) is 5.89. The highest BCUT2D eigenvalue weighted by atomic mass is 16.2. The topological polar surface area (TPSA) is 74.3 Å². The average molecular weight is 326 g/mol. The number of carbonyl (C=O) groups is 2. The Morgan fingerprint density at radius 2 is 1.88 bits per heavy atom. The van der Waals surface area contributed by atoms with Crippen LogP contribution in [0.3, 0.4) is 0 Å². The van der Waals surface area contributed by atoms with Crippen LogP contribution in [0.15, 0.2) is 42.7 Å². The molecule has 2 aromatic rings. The van der Waals surface area contributed by atoms with Crippen molar-refractivity contribution in [1.82, 2.24) is 15.2 Å². The Balaban J connectivity index is 2.07. The van der Waals surface area contributed by atoms with Crippen LogP contribution in [0.5, 0.6) is 0 Å². The van der Waals surface area contributed by atoms with Crippen LogP contribution in [0, 0.1) is 6.92 Å². The van der Waals surface area contributed by atoms with Crippen molar-refractivity contribution >= 4 is 17.6 Å². The van der Waals surface area contributed by atoms with Crippen LogP contribution in [-0.4, -0.2) is 35.4 Å². The SMILES string of the molecule is CCNC(=O)c1ccc(C)c(NC(=O)N(C)Cc2ccncc2)c1. The number of hydrogen-bond acceptors (Lipinski definition) is 3. The number of carbonyl (C=O) groups excluding carboxylic acids is 2. The average Bonchev–Trinajstić information content (AvgIpc) is 2.57. The number of nitrogens with zero attached hydrogens (tertiary/aromatic N) is 2. The number of pyridine rings is 1. The maximum Gasteiger partial charge on any atom is 0.321 e. The molecule has 0 radical (unpaired) electrons. The van der Waals surface area contributed by atoms with Crippen molar-refractivity contribution in [3.63, 3.8) is 0 Å². The first kappa shape index (κ1) is 17.5. The lowest BCUT2D eigenvalue weighted by Gasteiger charge is -2.19. The fourth-order valence-electron chi connectivity index (χ4n) is 2.21. The predicted octanol–water partition coefficient (Wildman–Crippen LogP) is 2.80. The van der Waals surface area contributed by atoms with Crippen molar-refractivity contribution in [2.24, 2.45) is 0 Å². The van der Waals surface area contributed by atoms with Crippen LogP contribution in [0.25, 0.3) is 0 Å². The zero-order chi connectivity index (χ0) is 17.5. The quantitative estimate of drug-likeness (QED) is 0.887. The zero-order valence-electron chi connectivity index (χ0n) is 14.2. The lowest BCUT2D eigenvalue weighted by molar-refractivity contribution is 0.0956. The number of benzene rings is 1. The van der Waals surface area contributed by atoms with E-state index in [1.165, 1.54) is 0 Å². The maximum absolute atomic E-state index is 12.4. The van der Waals surface area contributed by atoms with E-state index in [1.54, 1.807) is 36.5 Å². The van der Waals surface area contributed by atoms with Gasteiger partial charge >= 0.3 is 6.03 Å². The molecule has 2 rings (SSSR count). The van der Waals surface area contributed by atoms with Gasteiger partial charge in [0.1, 0.15) is 0 Å². The summed E-state index contributed by atoms with van der Waals surface area (Å²) in [6, 6.07) is 8.76. The molecule has 0 saturated carbocycles. The van der Waals surface area contributed by atoms with Gasteiger partial charge in [0.2, 0.25) is 0 Å². The van der Waals surface area contributed by atoms with E-state index < -0.39 is 0 Å². The highest BCUT2D eigenvalue weighted by Crippen LogP contribution is 2.18. The van der Waals surface area contributed by atoms with Crippen LogP contribution in [0.4, 0.5) is 10.5 Å². The number of urea groups is 1. The lowest BCUT2D eigenvalue weighted by atomic mass is 10.1. The summed E-state index contributed by atoms with van der Waals surface area (Å²) >= 11 is 0. The van der Waals surface area contributed by atoms with Crippen LogP contribution >= 0.6 is 0 Å². The largest absolute Gasteiger partial charge is 0.352 e. The molecule has 0 aliphatic heterocycles. The van der Waals surface area contributed by atoms with Crippen LogP contribution in [0.2, 0.25) is 0 Å². The fraction of sp³-hybridized carbons (Fsp3) is 0.278. The monoisotopic (exact) mass is 326 g/mol. The minimum Gasteiger partial charge on any atom is -0.352 e. The molecule has 6 nitrogen and oxygen atoms in total. The first-order chi connectivity index (χ1) is 11.5. The van der Waals surface area contributed by atoms with Gasteiger partial charge in [0.15, 0.2) is 0 Å². The number of amides is 3. The smallest absolute Gasteiger partial charge is 0.321 e. The minimum absolute atomic E-state index is 0.155. The van der Waals surface area contributed by atoms with E-state index in [2.05, 4.69) is 15.6 Å². The number of aryl methyl sites for hydroxylation is 1. The van der Waals surface area contributed by atoms with Crippen LogP contribution < -0.4 is 10.6 Å². The molecule has 0 saturated heterocycles. The number of rotatable bonds is 5. The summed E-state index contributed by atoms with van der Waals surface area (Å²) in [6.07, 6.45) is 3.39. The Bertz CT molecular complexity index is 716. The molecule has 0 aliphatic rings.